The molecule has 8 aromatic rings. The van der Waals surface area contributed by atoms with Crippen LogP contribution in [-0.2, 0) is 0 Å². The fraction of sp³-hybridized carbons (Fsp3) is 0.0769. The van der Waals surface area contributed by atoms with Crippen LogP contribution in [0.5, 0.6) is 0 Å². The molecule has 2 aromatic heterocycles. The molecule has 0 spiro atoms. The van der Waals surface area contributed by atoms with E-state index < -0.39 is 0 Å². The van der Waals surface area contributed by atoms with Crippen molar-refractivity contribution in [1.82, 2.24) is 4.40 Å². The van der Waals surface area contributed by atoms with Crippen molar-refractivity contribution in [2.24, 2.45) is 0 Å². The van der Waals surface area contributed by atoms with Gasteiger partial charge in [-0.3, -0.25) is 0 Å². The lowest BCUT2D eigenvalue weighted by Crippen LogP contribution is -1.87. The second kappa shape index (κ2) is 8.83. The molecule has 1 nitrogen and oxygen atoms in total. The van der Waals surface area contributed by atoms with E-state index in [1.54, 1.807) is 0 Å². The van der Waals surface area contributed by atoms with E-state index >= 15 is 0 Å². The third kappa shape index (κ3) is 3.48. The number of para-hydroxylation sites is 1. The van der Waals surface area contributed by atoms with Crippen molar-refractivity contribution in [2.75, 3.05) is 0 Å². The molecule has 190 valence electrons. The Balaban J connectivity index is 1.27. The van der Waals surface area contributed by atoms with Crippen LogP contribution in [0, 0.1) is 0 Å². The summed E-state index contributed by atoms with van der Waals surface area (Å²) in [5.74, 6) is 0.514. The molecule has 0 fully saturated rings. The van der Waals surface area contributed by atoms with E-state index in [0.717, 1.165) is 0 Å². The fourth-order valence-corrected chi connectivity index (χ4v) is 6.43. The van der Waals surface area contributed by atoms with Crippen molar-refractivity contribution in [2.45, 2.75) is 19.8 Å². The van der Waals surface area contributed by atoms with Crippen molar-refractivity contribution in [3.63, 3.8) is 0 Å². The zero-order valence-electron chi connectivity index (χ0n) is 22.7. The maximum atomic E-state index is 2.47. The van der Waals surface area contributed by atoms with Crippen molar-refractivity contribution in [1.29, 1.82) is 0 Å². The van der Waals surface area contributed by atoms with Crippen molar-refractivity contribution < 1.29 is 0 Å². The summed E-state index contributed by atoms with van der Waals surface area (Å²) in [4.78, 5) is 0. The van der Waals surface area contributed by atoms with Gasteiger partial charge in [0, 0.05) is 21.5 Å². The molecular weight excluding hydrogens is 482 g/mol. The molecule has 0 aliphatic rings. The Kier molecular flexibility index (Phi) is 5.09. The minimum atomic E-state index is 0.514. The van der Waals surface area contributed by atoms with Crippen LogP contribution in [0.3, 0.4) is 0 Å². The van der Waals surface area contributed by atoms with Crippen LogP contribution in [0.2, 0.25) is 0 Å². The van der Waals surface area contributed by atoms with E-state index in [1.165, 1.54) is 77.0 Å². The lowest BCUT2D eigenvalue weighted by atomic mass is 9.95. The second-order valence-corrected chi connectivity index (χ2v) is 11.2. The molecule has 0 aliphatic heterocycles. The summed E-state index contributed by atoms with van der Waals surface area (Å²) in [6, 6.07) is 49.1. The highest BCUT2D eigenvalue weighted by molar-refractivity contribution is 6.23. The molecule has 0 N–H and O–H groups in total. The smallest absolute Gasteiger partial charge is 0.0620 e. The zero-order chi connectivity index (χ0) is 26.8. The molecule has 0 atom stereocenters. The van der Waals surface area contributed by atoms with Crippen LogP contribution < -0.4 is 0 Å². The summed E-state index contributed by atoms with van der Waals surface area (Å²) in [6.07, 6.45) is 0. The van der Waals surface area contributed by atoms with Crippen LogP contribution in [0.4, 0.5) is 0 Å². The molecule has 0 saturated carbocycles. The topological polar surface area (TPSA) is 4.41 Å². The Morgan fingerprint density at radius 2 is 0.900 bits per heavy atom. The normalized spacial score (nSPS) is 12.0. The van der Waals surface area contributed by atoms with Gasteiger partial charge in [0.1, 0.15) is 0 Å². The maximum Gasteiger partial charge on any atom is 0.0620 e. The minimum Gasteiger partial charge on any atom is -0.308 e. The van der Waals surface area contributed by atoms with E-state index in [2.05, 4.69) is 152 Å². The summed E-state index contributed by atoms with van der Waals surface area (Å²) < 4.78 is 2.47. The number of rotatable bonds is 4. The van der Waals surface area contributed by atoms with Gasteiger partial charge in [-0.2, -0.15) is 0 Å². The first-order valence-electron chi connectivity index (χ1n) is 14.1. The fourth-order valence-electron chi connectivity index (χ4n) is 6.43. The molecule has 2 heterocycles. The molecule has 0 saturated heterocycles. The predicted octanol–water partition coefficient (Wildman–Crippen LogP) is 11.0. The van der Waals surface area contributed by atoms with E-state index in [9.17, 15) is 0 Å². The summed E-state index contributed by atoms with van der Waals surface area (Å²) in [7, 11) is 0. The SMILES string of the molecule is CC(C)c1ccc2c(c1)c1cccc3c4cc(-c5cccc(-c6cccc(-c7ccccc7)c6)c5)ccc4n2c31. The summed E-state index contributed by atoms with van der Waals surface area (Å²) in [5.41, 5.74) is 12.7. The monoisotopic (exact) mass is 511 g/mol. The van der Waals surface area contributed by atoms with Crippen molar-refractivity contribution >= 4 is 38.1 Å². The van der Waals surface area contributed by atoms with E-state index in [1.807, 2.05) is 0 Å². The first-order valence-corrected chi connectivity index (χ1v) is 14.1. The highest BCUT2D eigenvalue weighted by Gasteiger charge is 2.18. The van der Waals surface area contributed by atoms with Gasteiger partial charge < -0.3 is 4.40 Å². The molecule has 0 radical (unpaired) electrons. The van der Waals surface area contributed by atoms with Gasteiger partial charge in [-0.15, -0.1) is 0 Å². The van der Waals surface area contributed by atoms with E-state index in [4.69, 9.17) is 0 Å². The van der Waals surface area contributed by atoms with Crippen molar-refractivity contribution in [3.05, 3.63) is 139 Å². The van der Waals surface area contributed by atoms with Gasteiger partial charge in [-0.1, -0.05) is 111 Å². The molecular formula is C39H29N. The van der Waals surface area contributed by atoms with Crippen LogP contribution >= 0.6 is 0 Å². The standard InChI is InChI=1S/C39H29N/c1-25(2)27-17-19-37-35(23-27)33-15-8-16-34-36-24-32(18-20-38(36)40(37)39(33)34)31-14-7-13-30(22-31)29-12-6-11-28(21-29)26-9-4-3-5-10-26/h3-25H,1-2H3. The third-order valence-electron chi connectivity index (χ3n) is 8.50. The Morgan fingerprint density at radius 1 is 0.400 bits per heavy atom. The molecule has 0 unspecified atom stereocenters. The number of fused-ring (bicyclic) bond motifs is 6. The number of hydrogen-bond donors (Lipinski definition) is 0. The highest BCUT2D eigenvalue weighted by Crippen LogP contribution is 2.41. The van der Waals surface area contributed by atoms with Gasteiger partial charge in [0.2, 0.25) is 0 Å². The Morgan fingerprint density at radius 3 is 1.52 bits per heavy atom. The molecule has 0 aliphatic carbocycles. The average Bonchev–Trinajstić information content (AvgIpc) is 3.53. The lowest BCUT2D eigenvalue weighted by Gasteiger charge is -2.09. The van der Waals surface area contributed by atoms with Crippen LogP contribution in [0.25, 0.3) is 71.5 Å². The van der Waals surface area contributed by atoms with Crippen molar-refractivity contribution in [3.8, 4) is 33.4 Å². The van der Waals surface area contributed by atoms with Gasteiger partial charge in [0.25, 0.3) is 0 Å². The van der Waals surface area contributed by atoms with E-state index in [-0.39, 0.29) is 0 Å². The largest absolute Gasteiger partial charge is 0.308 e. The summed E-state index contributed by atoms with van der Waals surface area (Å²) >= 11 is 0. The molecule has 40 heavy (non-hydrogen) atoms. The quantitative estimate of drug-likeness (QED) is 0.221. The van der Waals surface area contributed by atoms with E-state index in [0.29, 0.717) is 5.92 Å². The maximum absolute atomic E-state index is 2.47. The van der Waals surface area contributed by atoms with Crippen LogP contribution in [-0.4, -0.2) is 4.40 Å². The van der Waals surface area contributed by atoms with Crippen LogP contribution in [0.15, 0.2) is 133 Å². The Hall–Kier alpha value is -4.88. The number of benzene rings is 6. The molecule has 0 bridgehead atoms. The Labute approximate surface area is 234 Å². The summed E-state index contributed by atoms with van der Waals surface area (Å²) in [6.45, 7) is 4.53. The average molecular weight is 512 g/mol. The first kappa shape index (κ1) is 23.0. The number of aromatic nitrogens is 1. The first-order chi connectivity index (χ1) is 19.7. The van der Waals surface area contributed by atoms with Crippen LogP contribution in [0.1, 0.15) is 25.3 Å². The Bertz CT molecular complexity index is 2180. The zero-order valence-corrected chi connectivity index (χ0v) is 22.7. The minimum absolute atomic E-state index is 0.514. The van der Waals surface area contributed by atoms with Gasteiger partial charge in [-0.05, 0) is 81.3 Å². The van der Waals surface area contributed by atoms with Gasteiger partial charge in [-0.25, -0.2) is 0 Å². The third-order valence-corrected chi connectivity index (χ3v) is 8.50. The highest BCUT2D eigenvalue weighted by atomic mass is 14.9. The lowest BCUT2D eigenvalue weighted by molar-refractivity contribution is 0.869. The van der Waals surface area contributed by atoms with Gasteiger partial charge >= 0.3 is 0 Å². The second-order valence-electron chi connectivity index (χ2n) is 11.2. The molecule has 8 rings (SSSR count). The number of hydrogen-bond acceptors (Lipinski definition) is 0. The molecule has 1 heteroatoms. The number of nitrogens with zero attached hydrogens (tertiary/aromatic N) is 1. The molecule has 0 amide bonds. The summed E-state index contributed by atoms with van der Waals surface area (Å²) in [5, 5.41) is 5.32. The molecule has 6 aromatic carbocycles. The van der Waals surface area contributed by atoms with Gasteiger partial charge in [0.15, 0.2) is 0 Å². The van der Waals surface area contributed by atoms with Gasteiger partial charge in [0.05, 0.1) is 16.6 Å². The predicted molar refractivity (Wildman–Crippen MR) is 171 cm³/mol.